The molecule has 0 amide bonds. The third-order valence-electron chi connectivity index (χ3n) is 11.1. The van der Waals surface area contributed by atoms with Gasteiger partial charge in [-0.15, -0.1) is 0 Å². The van der Waals surface area contributed by atoms with Crippen molar-refractivity contribution in [2.75, 3.05) is 26.4 Å². The molecule has 0 unspecified atom stereocenters. The molecule has 0 spiro atoms. The van der Waals surface area contributed by atoms with Gasteiger partial charge < -0.3 is 33.2 Å². The van der Waals surface area contributed by atoms with Crippen molar-refractivity contribution in [3.8, 4) is 0 Å². The van der Waals surface area contributed by atoms with Gasteiger partial charge in [-0.1, -0.05) is 0 Å². The van der Waals surface area contributed by atoms with Gasteiger partial charge in [-0.2, -0.15) is 118 Å². The molecule has 77 heteroatoms. The highest BCUT2D eigenvalue weighted by atomic mass is 32.3. The molecule has 4 aliphatic heterocycles. The molecule has 63 nitrogen and oxygen atoms in total. The third kappa shape index (κ3) is 33.5. The molecule has 4 saturated heterocycles. The van der Waals surface area contributed by atoms with E-state index in [1.54, 1.807) is 0 Å². The van der Waals surface area contributed by atoms with Crippen LogP contribution in [-0.4, -0.2) is 331 Å². The summed E-state index contributed by atoms with van der Waals surface area (Å²) in [5, 5.41) is 0. The minimum Gasteiger partial charge on any atom is -0.347 e. The Labute approximate surface area is 564 Å². The second kappa shape index (κ2) is 33.0. The first kappa shape index (κ1) is 91.3. The summed E-state index contributed by atoms with van der Waals surface area (Å²) in [7, 11) is -90.3. The van der Waals surface area contributed by atoms with Crippen LogP contribution in [-0.2, 0) is 237 Å². The maximum atomic E-state index is 12.8. The van der Waals surface area contributed by atoms with Gasteiger partial charge in [0, 0.05) is 0 Å². The molecular weight excluding hydrogens is 1750 g/mol. The summed E-state index contributed by atoms with van der Waals surface area (Å²) in [6, 6.07) is 0. The van der Waals surface area contributed by atoms with Gasteiger partial charge in [-0.25, -0.2) is 58.6 Å². The predicted octanol–water partition coefficient (Wildman–Crippen LogP) is -12.2. The van der Waals surface area contributed by atoms with Crippen LogP contribution < -0.4 is 0 Å². The summed E-state index contributed by atoms with van der Waals surface area (Å²) in [5.74, 6) is 0. The van der Waals surface area contributed by atoms with E-state index in [1.165, 1.54) is 0 Å². The Morgan fingerprint density at radius 3 is 0.584 bits per heavy atom. The van der Waals surface area contributed by atoms with Crippen molar-refractivity contribution < 1.29 is 273 Å². The first-order valence-electron chi connectivity index (χ1n) is 23.3. The molecule has 20 atom stereocenters. The maximum Gasteiger partial charge on any atom is 0.397 e. The van der Waals surface area contributed by atoms with E-state index in [9.17, 15) is 182 Å². The summed E-state index contributed by atoms with van der Waals surface area (Å²) in [6.45, 7) is -9.13. The lowest BCUT2D eigenvalue weighted by atomic mass is 9.96. The zero-order valence-corrected chi connectivity index (χ0v) is 57.8. The Morgan fingerprint density at radius 1 is 0.188 bits per heavy atom. The van der Waals surface area contributed by atoms with Crippen molar-refractivity contribution in [2.45, 2.75) is 123 Å². The summed E-state index contributed by atoms with van der Waals surface area (Å²) >= 11 is 0. The van der Waals surface area contributed by atoms with Crippen LogP contribution in [0.5, 0.6) is 0 Å². The monoisotopic (exact) mass is 1790 g/mol. The predicted molar refractivity (Wildman–Crippen MR) is 280 cm³/mol. The van der Waals surface area contributed by atoms with Crippen LogP contribution in [0.4, 0.5) is 0 Å². The van der Waals surface area contributed by atoms with E-state index in [0.29, 0.717) is 0 Å². The molecular formula is C24H42O63S14. The summed E-state index contributed by atoms with van der Waals surface area (Å²) in [4.78, 5) is 0. The normalized spacial score (nSPS) is 32.5. The van der Waals surface area contributed by atoms with Crippen LogP contribution in [0.15, 0.2) is 0 Å². The standard InChI is InChI=1S/C24H42O63S14/c25-88(26,27)68-2-6-9(13(80-94(43,44)45)18(85-99(58,59)60)23(73-6)76-24-20(87-101(64,65)66)16(83-97(52,53)54)12(79-93(40,41)42)8(74-24)4-70-90(31,32)33)75-22-19(86-100(61,62)63)15(82-96(49,50)51)10(77-91(34,35)36)5(72-22)1-67-21-17(84-98(55,56)57)14(81-95(46,47)48)11(78-92(37,38)39)7(71-21)3-69-89(28,29)30/h5-24H,1-4H2,(H,25,26,27)(H,28,29,30)(H,31,32,33)(H,34,35,36)(H,37,38,39)(H,40,41,42)(H,43,44,45)(H,46,47,48)(H,49,50,51)(H,52,53,54)(H,55,56,57)(H,58,59,60)(H,61,62,63)(H,64,65,66)/t5-,6-,7-,8-,9+,10+,11-,12-,13-,14-,15-,16-,17-,18-,19-,20-,21-,22-,23+,24-/m0/s1. The Bertz CT molecular complexity index is 4610. The lowest BCUT2D eigenvalue weighted by molar-refractivity contribution is -0.383. The van der Waals surface area contributed by atoms with Gasteiger partial charge in [0.25, 0.3) is 0 Å². The second-order valence-corrected chi connectivity index (χ2v) is 33.1. The maximum absolute atomic E-state index is 12.8. The number of rotatable bonds is 38. The van der Waals surface area contributed by atoms with Crippen LogP contribution in [0.2, 0.25) is 0 Å². The Hall–Kier alpha value is -2.10. The van der Waals surface area contributed by atoms with Gasteiger partial charge in [0.15, 0.2) is 49.6 Å². The van der Waals surface area contributed by atoms with E-state index in [4.69, 9.17) is 33.2 Å². The zero-order chi connectivity index (χ0) is 78.2. The number of ether oxygens (including phenoxy) is 7. The number of hydrogen-bond donors (Lipinski definition) is 14. The molecule has 0 bridgehead atoms. The number of hydrogen-bond acceptors (Lipinski definition) is 49. The molecule has 101 heavy (non-hydrogen) atoms. The van der Waals surface area contributed by atoms with Crippen molar-refractivity contribution in [3.63, 3.8) is 0 Å². The second-order valence-electron chi connectivity index (χ2n) is 18.3. The van der Waals surface area contributed by atoms with Crippen molar-refractivity contribution in [2.24, 2.45) is 0 Å². The van der Waals surface area contributed by atoms with Crippen LogP contribution in [0.1, 0.15) is 0 Å². The van der Waals surface area contributed by atoms with E-state index in [-0.39, 0.29) is 0 Å². The molecule has 4 aliphatic rings. The smallest absolute Gasteiger partial charge is 0.347 e. The first-order valence-corrected chi connectivity index (χ1v) is 42.4. The Balaban J connectivity index is 2.16. The quantitative estimate of drug-likeness (QED) is 0.0255. The van der Waals surface area contributed by atoms with Crippen LogP contribution in [0, 0.1) is 0 Å². The summed E-state index contributed by atoms with van der Waals surface area (Å²) < 4.78 is 571. The average molecular weight is 1790 g/mol. The van der Waals surface area contributed by atoms with Gasteiger partial charge in [-0.3, -0.25) is 63.7 Å². The van der Waals surface area contributed by atoms with Crippen molar-refractivity contribution in [1.29, 1.82) is 0 Å². The summed E-state index contributed by atoms with van der Waals surface area (Å²) in [6.07, 6.45) is -72.8. The SMILES string of the molecule is O=S(=O)(O)OC[C@@H]1O[C@@H](O[C@H]2O[C@@H](COS(=O)(=O)O)[C@@H](O[C@@H]3O[C@@H](CO[C@H]4O[C@@H](COS(=O)(=O)O)[C@H](OS(=O)(=O)O)[C@H](OS(=O)(=O)O)[C@@H]4OS(=O)(=O)O)[C@@H](OS(=O)(=O)O)[C@H](OS(=O)(=O)O)[C@@H]3OS(=O)(=O)O)[C@H](OS(=O)(=O)O)[C@@H]2OS(=O)(=O)O)[C@@H](OS(=O)(=O)O)[C@@H](OS(=O)(=O)O)[C@H]1OS(=O)(=O)O. The highest BCUT2D eigenvalue weighted by Gasteiger charge is 2.62. The minimum absolute atomic E-state index is 2.12. The fraction of sp³-hybridized carbons (Fsp3) is 1.00. The van der Waals surface area contributed by atoms with E-state index in [0.717, 1.165) is 0 Å². The third-order valence-corrected chi connectivity index (χ3v) is 17.5. The molecule has 0 aliphatic carbocycles. The molecule has 14 N–H and O–H groups in total. The molecule has 0 radical (unpaired) electrons. The Morgan fingerprint density at radius 2 is 0.356 bits per heavy atom. The van der Waals surface area contributed by atoms with E-state index in [1.807, 2.05) is 0 Å². The van der Waals surface area contributed by atoms with Gasteiger partial charge in [0.05, 0.1) is 26.4 Å². The molecule has 600 valence electrons. The minimum atomic E-state index is -6.81. The fourth-order valence-corrected chi connectivity index (χ4v) is 14.7. The lowest BCUT2D eigenvalue weighted by Crippen LogP contribution is -2.68. The lowest BCUT2D eigenvalue weighted by Gasteiger charge is -2.49. The van der Waals surface area contributed by atoms with Crippen LogP contribution in [0.25, 0.3) is 0 Å². The van der Waals surface area contributed by atoms with E-state index in [2.05, 4.69) is 58.6 Å². The van der Waals surface area contributed by atoms with Gasteiger partial charge in [-0.05, 0) is 0 Å². The van der Waals surface area contributed by atoms with Crippen molar-refractivity contribution in [3.05, 3.63) is 0 Å². The first-order chi connectivity index (χ1) is 44.7. The zero-order valence-electron chi connectivity index (χ0n) is 46.4. The largest absolute Gasteiger partial charge is 0.397 e. The Kier molecular flexibility index (Phi) is 29.8. The molecule has 0 aromatic rings. The topological polar surface area (TPSA) is 955 Å². The van der Waals surface area contributed by atoms with Crippen LogP contribution >= 0.6 is 0 Å². The van der Waals surface area contributed by atoms with Gasteiger partial charge in [0.1, 0.15) is 73.2 Å². The van der Waals surface area contributed by atoms with E-state index < -0.39 is 295 Å². The summed E-state index contributed by atoms with van der Waals surface area (Å²) in [5.41, 5.74) is 0. The molecule has 0 aromatic heterocycles. The fourth-order valence-electron chi connectivity index (χ4n) is 8.36. The molecule has 4 heterocycles. The van der Waals surface area contributed by atoms with Gasteiger partial charge in [0.2, 0.25) is 0 Å². The molecule has 4 fully saturated rings. The highest BCUT2D eigenvalue weighted by Crippen LogP contribution is 2.41. The highest BCUT2D eigenvalue weighted by molar-refractivity contribution is 7.84. The van der Waals surface area contributed by atoms with E-state index >= 15 is 0 Å². The van der Waals surface area contributed by atoms with Crippen molar-refractivity contribution in [1.82, 2.24) is 0 Å². The van der Waals surface area contributed by atoms with Crippen LogP contribution in [0.3, 0.4) is 0 Å². The molecule has 0 saturated carbocycles. The average Bonchev–Trinajstić information content (AvgIpc) is 0.762. The van der Waals surface area contributed by atoms with Crippen molar-refractivity contribution >= 4 is 146 Å². The molecule has 4 rings (SSSR count). The molecule has 0 aromatic carbocycles. The van der Waals surface area contributed by atoms with Gasteiger partial charge >= 0.3 is 146 Å².